The Bertz CT molecular complexity index is 1360. The summed E-state index contributed by atoms with van der Waals surface area (Å²) in [6.07, 6.45) is 1.62. The second-order valence-electron chi connectivity index (χ2n) is 7.12. The summed E-state index contributed by atoms with van der Waals surface area (Å²) in [6.45, 7) is 4.84. The van der Waals surface area contributed by atoms with Crippen LogP contribution in [0.1, 0.15) is 18.1 Å². The van der Waals surface area contributed by atoms with Crippen molar-refractivity contribution in [1.82, 2.24) is 4.57 Å². The Morgan fingerprint density at radius 3 is 2.60 bits per heavy atom. The molecule has 4 aromatic rings. The molecule has 4 nitrogen and oxygen atoms in total. The van der Waals surface area contributed by atoms with E-state index in [1.807, 2.05) is 43.3 Å². The van der Waals surface area contributed by atoms with Crippen LogP contribution < -0.4 is 5.32 Å². The first kappa shape index (κ1) is 19.8. The summed E-state index contributed by atoms with van der Waals surface area (Å²) in [5, 5.41) is 15.2. The Morgan fingerprint density at radius 2 is 1.87 bits per heavy atom. The number of anilines is 1. The molecule has 0 bridgehead atoms. The van der Waals surface area contributed by atoms with E-state index < -0.39 is 5.91 Å². The number of carbonyl (C=O) groups is 1. The molecule has 0 saturated carbocycles. The van der Waals surface area contributed by atoms with E-state index in [4.69, 9.17) is 11.6 Å². The average Bonchev–Trinajstić information content (AvgIpc) is 3.07. The van der Waals surface area contributed by atoms with Crippen molar-refractivity contribution in [3.05, 3.63) is 82.4 Å². The molecular formula is C25H20ClN3O. The van der Waals surface area contributed by atoms with Crippen LogP contribution in [0.4, 0.5) is 5.69 Å². The molecule has 30 heavy (non-hydrogen) atoms. The number of halogens is 1. The Labute approximate surface area is 180 Å². The standard InChI is InChI=1S/C25H20ClN3O/c1-3-29-23-7-5-4-6-20(23)21-14-17(8-11-24(21)29)13-18(15-27)25(30)28-22-10-9-19(26)12-16(22)2/h4-14H,3H2,1-2H3,(H,28,30)/b18-13+. The molecule has 0 spiro atoms. The lowest BCUT2D eigenvalue weighted by molar-refractivity contribution is -0.112. The number of hydrogen-bond acceptors (Lipinski definition) is 2. The summed E-state index contributed by atoms with van der Waals surface area (Å²) in [6, 6.07) is 21.5. The minimum absolute atomic E-state index is 0.0444. The van der Waals surface area contributed by atoms with Crippen molar-refractivity contribution in [1.29, 1.82) is 5.26 Å². The Hall–Kier alpha value is -3.55. The highest BCUT2D eigenvalue weighted by atomic mass is 35.5. The van der Waals surface area contributed by atoms with E-state index in [9.17, 15) is 10.1 Å². The minimum atomic E-state index is -0.445. The molecule has 0 fully saturated rings. The molecule has 1 aromatic heterocycles. The number of aryl methyl sites for hydroxylation is 2. The van der Waals surface area contributed by atoms with Gasteiger partial charge < -0.3 is 9.88 Å². The third-order valence-corrected chi connectivity index (χ3v) is 5.46. The molecule has 0 atom stereocenters. The van der Waals surface area contributed by atoms with E-state index in [1.165, 1.54) is 5.52 Å². The van der Waals surface area contributed by atoms with Gasteiger partial charge in [-0.15, -0.1) is 0 Å². The predicted molar refractivity (Wildman–Crippen MR) is 124 cm³/mol. The molecular weight excluding hydrogens is 394 g/mol. The zero-order valence-corrected chi connectivity index (χ0v) is 17.5. The number of hydrogen-bond donors (Lipinski definition) is 1. The molecule has 1 N–H and O–H groups in total. The summed E-state index contributed by atoms with van der Waals surface area (Å²) in [5.41, 5.74) is 4.63. The van der Waals surface area contributed by atoms with Crippen molar-refractivity contribution >= 4 is 51.1 Å². The van der Waals surface area contributed by atoms with Crippen LogP contribution in [-0.4, -0.2) is 10.5 Å². The average molecular weight is 414 g/mol. The molecule has 148 valence electrons. The number of nitriles is 1. The zero-order valence-electron chi connectivity index (χ0n) is 16.7. The number of para-hydroxylation sites is 1. The molecule has 0 aliphatic rings. The maximum atomic E-state index is 12.7. The van der Waals surface area contributed by atoms with E-state index in [0.29, 0.717) is 10.7 Å². The zero-order chi connectivity index (χ0) is 21.3. The van der Waals surface area contributed by atoms with Crippen LogP contribution in [0.3, 0.4) is 0 Å². The van der Waals surface area contributed by atoms with Gasteiger partial charge in [0.25, 0.3) is 5.91 Å². The highest BCUT2D eigenvalue weighted by molar-refractivity contribution is 6.30. The number of aromatic nitrogens is 1. The highest BCUT2D eigenvalue weighted by Gasteiger charge is 2.13. The maximum absolute atomic E-state index is 12.7. The van der Waals surface area contributed by atoms with Crippen LogP contribution in [0, 0.1) is 18.3 Å². The summed E-state index contributed by atoms with van der Waals surface area (Å²) in [4.78, 5) is 12.7. The van der Waals surface area contributed by atoms with Gasteiger partial charge in [0.2, 0.25) is 0 Å². The molecule has 0 aliphatic carbocycles. The Kier molecular flexibility index (Phi) is 5.31. The molecule has 4 rings (SSSR count). The smallest absolute Gasteiger partial charge is 0.266 e. The normalized spacial score (nSPS) is 11.6. The van der Waals surface area contributed by atoms with Crippen molar-refractivity contribution in [2.45, 2.75) is 20.4 Å². The lowest BCUT2D eigenvalue weighted by Crippen LogP contribution is -2.14. The van der Waals surface area contributed by atoms with E-state index in [1.54, 1.807) is 24.3 Å². The fraction of sp³-hybridized carbons (Fsp3) is 0.120. The van der Waals surface area contributed by atoms with Crippen molar-refractivity contribution in [3.63, 3.8) is 0 Å². The molecule has 0 aliphatic heterocycles. The third kappa shape index (κ3) is 3.56. The predicted octanol–water partition coefficient (Wildman–Crippen LogP) is 6.32. The number of amides is 1. The van der Waals surface area contributed by atoms with Crippen molar-refractivity contribution in [2.75, 3.05) is 5.32 Å². The number of fused-ring (bicyclic) bond motifs is 3. The van der Waals surface area contributed by atoms with Gasteiger partial charge >= 0.3 is 0 Å². The third-order valence-electron chi connectivity index (χ3n) is 5.23. The number of nitrogens with one attached hydrogen (secondary N) is 1. The summed E-state index contributed by atoms with van der Waals surface area (Å²) >= 11 is 5.97. The number of carbonyl (C=O) groups excluding carboxylic acids is 1. The van der Waals surface area contributed by atoms with Crippen molar-refractivity contribution in [3.8, 4) is 6.07 Å². The lowest BCUT2D eigenvalue weighted by atomic mass is 10.1. The van der Waals surface area contributed by atoms with Crippen LogP contribution in [0.5, 0.6) is 0 Å². The van der Waals surface area contributed by atoms with Gasteiger partial charge in [-0.1, -0.05) is 35.9 Å². The molecule has 0 saturated heterocycles. The Balaban J connectivity index is 1.72. The summed E-state index contributed by atoms with van der Waals surface area (Å²) in [5.74, 6) is -0.445. The van der Waals surface area contributed by atoms with Gasteiger partial charge in [-0.2, -0.15) is 5.26 Å². The molecule has 1 heterocycles. The monoisotopic (exact) mass is 413 g/mol. The second-order valence-corrected chi connectivity index (χ2v) is 7.56. The maximum Gasteiger partial charge on any atom is 0.266 e. The van der Waals surface area contributed by atoms with Crippen LogP contribution in [0.15, 0.2) is 66.2 Å². The summed E-state index contributed by atoms with van der Waals surface area (Å²) < 4.78 is 2.26. The quantitative estimate of drug-likeness (QED) is 0.314. The van der Waals surface area contributed by atoms with Crippen LogP contribution >= 0.6 is 11.6 Å². The number of nitrogens with zero attached hydrogens (tertiary/aromatic N) is 2. The van der Waals surface area contributed by atoms with Crippen LogP contribution in [0.25, 0.3) is 27.9 Å². The number of rotatable bonds is 4. The molecule has 1 amide bonds. The molecule has 0 unspecified atom stereocenters. The first-order valence-electron chi connectivity index (χ1n) is 9.72. The minimum Gasteiger partial charge on any atom is -0.341 e. The topological polar surface area (TPSA) is 57.8 Å². The molecule has 3 aromatic carbocycles. The van der Waals surface area contributed by atoms with E-state index in [-0.39, 0.29) is 5.57 Å². The van der Waals surface area contributed by atoms with Gasteiger partial charge in [-0.3, -0.25) is 4.79 Å². The van der Waals surface area contributed by atoms with Gasteiger partial charge in [0.15, 0.2) is 0 Å². The number of benzene rings is 3. The van der Waals surface area contributed by atoms with Crippen LogP contribution in [-0.2, 0) is 11.3 Å². The van der Waals surface area contributed by atoms with Crippen molar-refractivity contribution in [2.24, 2.45) is 0 Å². The first-order chi connectivity index (χ1) is 14.5. The first-order valence-corrected chi connectivity index (χ1v) is 10.1. The van der Waals surface area contributed by atoms with Gasteiger partial charge in [0, 0.05) is 39.1 Å². The Morgan fingerprint density at radius 1 is 1.10 bits per heavy atom. The fourth-order valence-corrected chi connectivity index (χ4v) is 4.00. The van der Waals surface area contributed by atoms with Gasteiger partial charge in [0.1, 0.15) is 11.6 Å². The van der Waals surface area contributed by atoms with Crippen LogP contribution in [0.2, 0.25) is 5.02 Å². The van der Waals surface area contributed by atoms with Gasteiger partial charge in [-0.05, 0) is 67.4 Å². The highest BCUT2D eigenvalue weighted by Crippen LogP contribution is 2.30. The SMILES string of the molecule is CCn1c2ccccc2c2cc(/C=C(\C#N)C(=O)Nc3ccc(Cl)cc3C)ccc21. The van der Waals surface area contributed by atoms with Gasteiger partial charge in [-0.25, -0.2) is 0 Å². The fourth-order valence-electron chi connectivity index (χ4n) is 3.77. The van der Waals surface area contributed by atoms with E-state index >= 15 is 0 Å². The van der Waals surface area contributed by atoms with Crippen molar-refractivity contribution < 1.29 is 4.79 Å². The molecule has 0 radical (unpaired) electrons. The van der Waals surface area contributed by atoms with Gasteiger partial charge in [0.05, 0.1) is 0 Å². The van der Waals surface area contributed by atoms with E-state index in [0.717, 1.165) is 34.0 Å². The second kappa shape index (κ2) is 8.06. The lowest BCUT2D eigenvalue weighted by Gasteiger charge is -2.08. The summed E-state index contributed by atoms with van der Waals surface area (Å²) in [7, 11) is 0. The van der Waals surface area contributed by atoms with E-state index in [2.05, 4.69) is 28.9 Å². The molecule has 5 heteroatoms. The largest absolute Gasteiger partial charge is 0.341 e.